The zero-order valence-electron chi connectivity index (χ0n) is 35.5. The van der Waals surface area contributed by atoms with E-state index in [0.717, 1.165) is 57.1 Å². The van der Waals surface area contributed by atoms with Crippen molar-refractivity contribution in [3.8, 4) is 0 Å². The van der Waals surface area contributed by atoms with Crippen LogP contribution in [0.25, 0.3) is 0 Å². The standard InChI is InChI=1S/C46H66Cl2N2O8/c1-41(2)32-11-14-46(7)38(44(32,5)13-12-33(41)58-39-37(55)36(54)35(53)31(25-51)57-39)30(52)23-26-27-24-43(4,16-15-42(27,3)17-18-45(26,46)6)40(56)50-21-19-49(20-22-50)34-28(47)9-8-10-29(34)48/h8-10,23,27,31-33,35-39,51,53-55H,11-22,24-25H2,1-7H3/t27-,31+,32-,33-,35+,36-,37+,38+,39-,42+,43-,44-,45+,46+/m0/s1. The van der Waals surface area contributed by atoms with Crippen molar-refractivity contribution in [3.05, 3.63) is 39.9 Å². The van der Waals surface area contributed by atoms with Crippen LogP contribution in [0.1, 0.15) is 106 Å². The van der Waals surface area contributed by atoms with E-state index in [1.54, 1.807) is 0 Å². The van der Waals surface area contributed by atoms with Crippen molar-refractivity contribution >= 4 is 40.6 Å². The summed E-state index contributed by atoms with van der Waals surface area (Å²) in [7, 11) is 0. The molecule has 0 spiro atoms. The molecule has 7 aliphatic rings. The van der Waals surface area contributed by atoms with Gasteiger partial charge >= 0.3 is 0 Å². The van der Waals surface area contributed by atoms with Crippen LogP contribution in [-0.4, -0.2) is 107 Å². The number of piperazine rings is 1. The van der Waals surface area contributed by atoms with E-state index in [2.05, 4.69) is 59.4 Å². The molecule has 0 radical (unpaired) electrons. The first-order valence-electron chi connectivity index (χ1n) is 21.9. The van der Waals surface area contributed by atoms with Gasteiger partial charge in [0.05, 0.1) is 28.4 Å². The second-order valence-corrected chi connectivity index (χ2v) is 22.1. The summed E-state index contributed by atoms with van der Waals surface area (Å²) in [5, 5.41) is 42.7. The average molecular weight is 846 g/mol. The van der Waals surface area contributed by atoms with Gasteiger partial charge in [0, 0.05) is 37.5 Å². The molecule has 0 bridgehead atoms. The molecule has 1 aromatic rings. The fraction of sp³-hybridized carbons (Fsp3) is 0.783. The van der Waals surface area contributed by atoms with E-state index < -0.39 is 48.1 Å². The third-order valence-corrected chi connectivity index (χ3v) is 18.6. The van der Waals surface area contributed by atoms with E-state index in [1.165, 1.54) is 5.57 Å². The maximum absolute atomic E-state index is 15.1. The van der Waals surface area contributed by atoms with Crippen molar-refractivity contribution < 1.29 is 39.5 Å². The summed E-state index contributed by atoms with van der Waals surface area (Å²) >= 11 is 13.1. The lowest BCUT2D eigenvalue weighted by molar-refractivity contribution is -0.329. The molecule has 5 aliphatic carbocycles. The van der Waals surface area contributed by atoms with Crippen molar-refractivity contribution in [1.82, 2.24) is 4.90 Å². The number of para-hydroxylation sites is 1. The Labute approximate surface area is 354 Å². The van der Waals surface area contributed by atoms with Gasteiger partial charge in [0.1, 0.15) is 24.4 Å². The quantitative estimate of drug-likeness (QED) is 0.236. The highest BCUT2D eigenvalue weighted by molar-refractivity contribution is 6.39. The monoisotopic (exact) mass is 844 g/mol. The summed E-state index contributed by atoms with van der Waals surface area (Å²) in [4.78, 5) is 33.9. The van der Waals surface area contributed by atoms with Crippen LogP contribution in [0.2, 0.25) is 10.0 Å². The van der Waals surface area contributed by atoms with E-state index in [0.29, 0.717) is 42.6 Å². The molecule has 12 heteroatoms. The second-order valence-electron chi connectivity index (χ2n) is 21.3. The fourth-order valence-corrected chi connectivity index (χ4v) is 14.9. The molecule has 4 N–H and O–H groups in total. The molecule has 1 amide bonds. The molecule has 10 nitrogen and oxygen atoms in total. The Bertz CT molecular complexity index is 1810. The van der Waals surface area contributed by atoms with E-state index in [4.69, 9.17) is 32.7 Å². The van der Waals surface area contributed by atoms with Gasteiger partial charge in [-0.05, 0) is 115 Å². The van der Waals surface area contributed by atoms with Crippen LogP contribution in [0.15, 0.2) is 29.8 Å². The molecule has 8 rings (SSSR count). The van der Waals surface area contributed by atoms with Crippen LogP contribution in [0, 0.1) is 50.2 Å². The zero-order valence-corrected chi connectivity index (χ0v) is 37.0. The van der Waals surface area contributed by atoms with Gasteiger partial charge in [-0.25, -0.2) is 0 Å². The predicted molar refractivity (Wildman–Crippen MR) is 223 cm³/mol. The van der Waals surface area contributed by atoms with E-state index in [1.807, 2.05) is 23.1 Å². The summed E-state index contributed by atoms with van der Waals surface area (Å²) in [6.07, 6.45) is 2.96. The Hall–Kier alpha value is -1.76. The minimum atomic E-state index is -1.50. The molecule has 14 atom stereocenters. The molecule has 2 heterocycles. The van der Waals surface area contributed by atoms with Gasteiger partial charge in [-0.1, -0.05) is 83.3 Å². The normalized spacial score (nSPS) is 46.3. The first-order chi connectivity index (χ1) is 27.1. The Balaban J connectivity index is 1.03. The smallest absolute Gasteiger partial charge is 0.228 e. The number of carbonyl (C=O) groups excluding carboxylic acids is 2. The number of fused-ring (bicyclic) bond motifs is 7. The first kappa shape index (κ1) is 42.9. The minimum absolute atomic E-state index is 0.0248. The predicted octanol–water partition coefficient (Wildman–Crippen LogP) is 6.81. The number of nitrogens with zero attached hydrogens (tertiary/aromatic N) is 2. The zero-order chi connectivity index (χ0) is 42.0. The topological polar surface area (TPSA) is 140 Å². The molecule has 58 heavy (non-hydrogen) atoms. The summed E-state index contributed by atoms with van der Waals surface area (Å²) in [5.74, 6) is 0.551. The SMILES string of the molecule is CC1(C)[C@@H](O[C@@H]2O[C@H](CO)[C@@H](O)[C@H](O)[C@H]2O)CC[C@]2(C)[C@H]3C(=O)C=C4[C@@H]5C[C@@](C)(C(=O)N6CCN(c7c(Cl)cccc7Cl)CC6)CC[C@]5(C)CC[C@@]4(C)[C@]3(C)CC[C@@H]12. The number of carbonyl (C=O) groups is 2. The number of aliphatic hydroxyl groups excluding tert-OH is 4. The number of rotatable bonds is 5. The molecule has 4 saturated carbocycles. The number of benzene rings is 1. The van der Waals surface area contributed by atoms with Crippen molar-refractivity contribution in [2.24, 2.45) is 50.2 Å². The van der Waals surface area contributed by atoms with Crippen LogP contribution >= 0.6 is 23.2 Å². The van der Waals surface area contributed by atoms with Gasteiger partial charge in [0.15, 0.2) is 12.1 Å². The number of amides is 1. The van der Waals surface area contributed by atoms with Gasteiger partial charge in [-0.15, -0.1) is 0 Å². The molecule has 2 saturated heterocycles. The lowest BCUT2D eigenvalue weighted by Gasteiger charge is -2.70. The van der Waals surface area contributed by atoms with Crippen molar-refractivity contribution in [1.29, 1.82) is 0 Å². The number of aliphatic hydroxyl groups is 4. The lowest BCUT2D eigenvalue weighted by Crippen LogP contribution is -2.67. The number of anilines is 1. The summed E-state index contributed by atoms with van der Waals surface area (Å²) < 4.78 is 12.3. The summed E-state index contributed by atoms with van der Waals surface area (Å²) in [5.41, 5.74) is 0.443. The number of hydrogen-bond acceptors (Lipinski definition) is 9. The number of ether oxygens (including phenoxy) is 2. The number of hydrogen-bond donors (Lipinski definition) is 4. The van der Waals surface area contributed by atoms with Crippen LogP contribution in [0.4, 0.5) is 5.69 Å². The molecular formula is C46H66Cl2N2O8. The fourth-order valence-electron chi connectivity index (χ4n) is 14.2. The Morgan fingerprint density at radius 2 is 1.52 bits per heavy atom. The first-order valence-corrected chi connectivity index (χ1v) is 22.6. The number of ketones is 1. The Morgan fingerprint density at radius 1 is 0.862 bits per heavy atom. The Morgan fingerprint density at radius 3 is 2.17 bits per heavy atom. The number of halogens is 2. The lowest BCUT2D eigenvalue weighted by atomic mass is 9.33. The maximum atomic E-state index is 15.1. The molecule has 2 aliphatic heterocycles. The highest BCUT2D eigenvalue weighted by Crippen LogP contribution is 2.75. The molecule has 322 valence electrons. The van der Waals surface area contributed by atoms with Crippen molar-refractivity contribution in [3.63, 3.8) is 0 Å². The van der Waals surface area contributed by atoms with E-state index >= 15 is 4.79 Å². The van der Waals surface area contributed by atoms with Crippen molar-refractivity contribution in [2.45, 2.75) is 143 Å². The molecular weight excluding hydrogens is 779 g/mol. The second kappa shape index (κ2) is 14.7. The minimum Gasteiger partial charge on any atom is -0.394 e. The third kappa shape index (κ3) is 6.30. The van der Waals surface area contributed by atoms with E-state index in [9.17, 15) is 25.2 Å². The molecule has 0 unspecified atom stereocenters. The number of allylic oxidation sites excluding steroid dienone is 2. The molecule has 0 aromatic heterocycles. The molecule has 1 aromatic carbocycles. The van der Waals surface area contributed by atoms with Crippen LogP contribution in [0.5, 0.6) is 0 Å². The summed E-state index contributed by atoms with van der Waals surface area (Å²) in [6, 6.07) is 5.56. The third-order valence-electron chi connectivity index (χ3n) is 18.0. The van der Waals surface area contributed by atoms with Gasteiger partial charge < -0.3 is 39.7 Å². The molecule has 6 fully saturated rings. The van der Waals surface area contributed by atoms with Crippen LogP contribution in [-0.2, 0) is 19.1 Å². The van der Waals surface area contributed by atoms with Crippen LogP contribution < -0.4 is 4.90 Å². The average Bonchev–Trinajstić information content (AvgIpc) is 3.17. The summed E-state index contributed by atoms with van der Waals surface area (Å²) in [6.45, 7) is 18.2. The highest BCUT2D eigenvalue weighted by Gasteiger charge is 2.70. The van der Waals surface area contributed by atoms with Crippen molar-refractivity contribution in [2.75, 3.05) is 37.7 Å². The van der Waals surface area contributed by atoms with Gasteiger partial charge in [0.25, 0.3) is 0 Å². The van der Waals surface area contributed by atoms with E-state index in [-0.39, 0.29) is 57.2 Å². The van der Waals surface area contributed by atoms with Gasteiger partial charge in [-0.3, -0.25) is 9.59 Å². The van der Waals surface area contributed by atoms with Gasteiger partial charge in [0.2, 0.25) is 5.91 Å². The Kier molecular flexibility index (Phi) is 10.9. The largest absolute Gasteiger partial charge is 0.394 e. The van der Waals surface area contributed by atoms with Crippen LogP contribution in [0.3, 0.4) is 0 Å². The highest BCUT2D eigenvalue weighted by atomic mass is 35.5. The maximum Gasteiger partial charge on any atom is 0.228 e. The van der Waals surface area contributed by atoms with Gasteiger partial charge in [-0.2, -0.15) is 0 Å².